The van der Waals surface area contributed by atoms with E-state index in [9.17, 15) is 4.79 Å². The van der Waals surface area contributed by atoms with E-state index in [1.54, 1.807) is 0 Å². The van der Waals surface area contributed by atoms with Crippen molar-refractivity contribution >= 4 is 11.6 Å². The molecular weight excluding hydrogens is 248 g/mol. The summed E-state index contributed by atoms with van der Waals surface area (Å²) in [5.74, 6) is 0.314. The van der Waals surface area contributed by atoms with Gasteiger partial charge in [0.1, 0.15) is 0 Å². The summed E-state index contributed by atoms with van der Waals surface area (Å²) < 4.78 is 0. The van der Waals surface area contributed by atoms with Gasteiger partial charge in [0.25, 0.3) is 0 Å². The number of rotatable bonds is 3. The van der Waals surface area contributed by atoms with Crippen LogP contribution in [0.3, 0.4) is 0 Å². The quantitative estimate of drug-likeness (QED) is 0.900. The summed E-state index contributed by atoms with van der Waals surface area (Å²) in [5.41, 5.74) is 1.82. The van der Waals surface area contributed by atoms with Gasteiger partial charge in [0.15, 0.2) is 0 Å². The lowest BCUT2D eigenvalue weighted by molar-refractivity contribution is -0.120. The molecule has 0 aliphatic heterocycles. The minimum atomic E-state index is 0.153. The van der Waals surface area contributed by atoms with Crippen LogP contribution in [0.5, 0.6) is 0 Å². The number of nitriles is 1. The van der Waals surface area contributed by atoms with Crippen LogP contribution in [0, 0.1) is 17.2 Å². The molecular formula is C17H22N2O. The maximum Gasteiger partial charge on any atom is 0.227 e. The van der Waals surface area contributed by atoms with Gasteiger partial charge in [-0.1, -0.05) is 44.2 Å². The van der Waals surface area contributed by atoms with Crippen molar-refractivity contribution in [3.8, 4) is 6.07 Å². The van der Waals surface area contributed by atoms with Crippen LogP contribution in [0.1, 0.15) is 50.5 Å². The van der Waals surface area contributed by atoms with Crippen molar-refractivity contribution in [3.63, 3.8) is 0 Å². The third-order valence-corrected chi connectivity index (χ3v) is 3.98. The molecule has 20 heavy (non-hydrogen) atoms. The summed E-state index contributed by atoms with van der Waals surface area (Å²) in [6, 6.07) is 9.69. The van der Waals surface area contributed by atoms with Crippen molar-refractivity contribution in [3.05, 3.63) is 29.8 Å². The van der Waals surface area contributed by atoms with Crippen molar-refractivity contribution in [2.75, 3.05) is 5.32 Å². The molecule has 1 aliphatic rings. The summed E-state index contributed by atoms with van der Waals surface area (Å²) in [6.45, 7) is 0. The topological polar surface area (TPSA) is 52.9 Å². The predicted molar refractivity (Wildman–Crippen MR) is 80.2 cm³/mol. The van der Waals surface area contributed by atoms with Gasteiger partial charge in [-0.3, -0.25) is 4.79 Å². The number of anilines is 1. The van der Waals surface area contributed by atoms with Crippen LogP contribution >= 0.6 is 0 Å². The van der Waals surface area contributed by atoms with Crippen molar-refractivity contribution in [1.82, 2.24) is 0 Å². The van der Waals surface area contributed by atoms with Crippen molar-refractivity contribution in [2.24, 2.45) is 5.92 Å². The van der Waals surface area contributed by atoms with Gasteiger partial charge in [0.05, 0.1) is 12.5 Å². The largest absolute Gasteiger partial charge is 0.326 e. The van der Waals surface area contributed by atoms with E-state index in [1.165, 1.54) is 32.1 Å². The fourth-order valence-electron chi connectivity index (χ4n) is 2.76. The van der Waals surface area contributed by atoms with Gasteiger partial charge < -0.3 is 5.32 Å². The van der Waals surface area contributed by atoms with Crippen molar-refractivity contribution < 1.29 is 4.79 Å². The molecule has 106 valence electrons. The molecule has 0 heterocycles. The van der Waals surface area contributed by atoms with Crippen LogP contribution in [0.4, 0.5) is 5.69 Å². The van der Waals surface area contributed by atoms with Crippen LogP contribution in [-0.2, 0) is 11.2 Å². The molecule has 0 bridgehead atoms. The molecule has 1 aromatic rings. The average Bonchev–Trinajstić information content (AvgIpc) is 2.41. The van der Waals surface area contributed by atoms with E-state index < -0.39 is 0 Å². The molecule has 0 atom stereocenters. The minimum Gasteiger partial charge on any atom is -0.326 e. The number of amides is 1. The van der Waals surface area contributed by atoms with E-state index in [0.29, 0.717) is 6.42 Å². The van der Waals surface area contributed by atoms with Crippen molar-refractivity contribution in [1.29, 1.82) is 5.26 Å². The smallest absolute Gasteiger partial charge is 0.227 e. The second-order valence-corrected chi connectivity index (χ2v) is 5.56. The number of nitrogens with one attached hydrogen (secondary N) is 1. The van der Waals surface area contributed by atoms with Gasteiger partial charge in [-0.2, -0.15) is 5.26 Å². The normalized spacial score (nSPS) is 16.8. The standard InChI is InChI=1S/C17H22N2O/c18-13-12-14-8-10-16(11-9-14)19-17(20)15-6-4-2-1-3-5-7-15/h8-11,15H,1-7,12H2,(H,19,20). The van der Waals surface area contributed by atoms with Crippen LogP contribution in [0.2, 0.25) is 0 Å². The molecule has 0 radical (unpaired) electrons. The van der Waals surface area contributed by atoms with E-state index in [4.69, 9.17) is 5.26 Å². The molecule has 1 aromatic carbocycles. The number of hydrogen-bond acceptors (Lipinski definition) is 2. The molecule has 1 saturated carbocycles. The lowest BCUT2D eigenvalue weighted by Crippen LogP contribution is -2.23. The highest BCUT2D eigenvalue weighted by molar-refractivity contribution is 5.92. The Morgan fingerprint density at radius 2 is 1.70 bits per heavy atom. The third-order valence-electron chi connectivity index (χ3n) is 3.98. The molecule has 2 rings (SSSR count). The summed E-state index contributed by atoms with van der Waals surface area (Å²) >= 11 is 0. The molecule has 3 nitrogen and oxygen atoms in total. The first-order chi connectivity index (χ1) is 9.79. The fraction of sp³-hybridized carbons (Fsp3) is 0.529. The molecule has 3 heteroatoms. The number of nitrogens with zero attached hydrogens (tertiary/aromatic N) is 1. The molecule has 0 saturated heterocycles. The Morgan fingerprint density at radius 3 is 2.30 bits per heavy atom. The monoisotopic (exact) mass is 270 g/mol. The Bertz CT molecular complexity index is 465. The lowest BCUT2D eigenvalue weighted by Gasteiger charge is -2.19. The fourth-order valence-corrected chi connectivity index (χ4v) is 2.76. The number of carbonyl (C=O) groups is 1. The molecule has 1 aliphatic carbocycles. The molecule has 1 fully saturated rings. The highest BCUT2D eigenvalue weighted by atomic mass is 16.1. The second-order valence-electron chi connectivity index (χ2n) is 5.56. The first kappa shape index (κ1) is 14.6. The zero-order chi connectivity index (χ0) is 14.2. The van der Waals surface area contributed by atoms with Gasteiger partial charge in [-0.05, 0) is 30.5 Å². The van der Waals surface area contributed by atoms with E-state index in [1.807, 2.05) is 24.3 Å². The van der Waals surface area contributed by atoms with Gasteiger partial charge in [0, 0.05) is 11.6 Å². The third kappa shape index (κ3) is 4.38. The Balaban J connectivity index is 1.90. The number of carbonyl (C=O) groups excluding carboxylic acids is 1. The molecule has 1 N–H and O–H groups in total. The Morgan fingerprint density at radius 1 is 1.10 bits per heavy atom. The highest BCUT2D eigenvalue weighted by Crippen LogP contribution is 2.23. The predicted octanol–water partition coefficient (Wildman–Crippen LogP) is 4.05. The van der Waals surface area contributed by atoms with Crippen LogP contribution < -0.4 is 5.32 Å². The van der Waals surface area contributed by atoms with Crippen LogP contribution in [0.15, 0.2) is 24.3 Å². The second kappa shape index (κ2) is 7.69. The Hall–Kier alpha value is -1.82. The minimum absolute atomic E-state index is 0.153. The summed E-state index contributed by atoms with van der Waals surface area (Å²) in [5, 5.41) is 11.6. The zero-order valence-electron chi connectivity index (χ0n) is 11.9. The van der Waals surface area contributed by atoms with Crippen molar-refractivity contribution in [2.45, 2.75) is 51.4 Å². The molecule has 1 amide bonds. The highest BCUT2D eigenvalue weighted by Gasteiger charge is 2.19. The first-order valence-electron chi connectivity index (χ1n) is 7.56. The van der Waals surface area contributed by atoms with E-state index >= 15 is 0 Å². The lowest BCUT2D eigenvalue weighted by atomic mass is 9.90. The first-order valence-corrected chi connectivity index (χ1v) is 7.56. The molecule has 0 spiro atoms. The van der Waals surface area contributed by atoms with E-state index in [-0.39, 0.29) is 11.8 Å². The number of benzene rings is 1. The van der Waals surface area contributed by atoms with Gasteiger partial charge in [-0.15, -0.1) is 0 Å². The zero-order valence-corrected chi connectivity index (χ0v) is 11.9. The van der Waals surface area contributed by atoms with E-state index in [2.05, 4.69) is 11.4 Å². The SMILES string of the molecule is N#CCc1ccc(NC(=O)C2CCCCCCC2)cc1. The summed E-state index contributed by atoms with van der Waals surface area (Å²) in [4.78, 5) is 12.3. The van der Waals surface area contributed by atoms with E-state index in [0.717, 1.165) is 24.1 Å². The Labute approximate surface area is 121 Å². The number of hydrogen-bond donors (Lipinski definition) is 1. The van der Waals surface area contributed by atoms with Gasteiger partial charge in [0.2, 0.25) is 5.91 Å². The summed E-state index contributed by atoms with van der Waals surface area (Å²) in [6.07, 6.45) is 8.60. The Kier molecular flexibility index (Phi) is 5.61. The maximum atomic E-state index is 12.3. The van der Waals surface area contributed by atoms with Crippen LogP contribution in [-0.4, -0.2) is 5.91 Å². The molecule has 0 aromatic heterocycles. The molecule has 0 unspecified atom stereocenters. The summed E-state index contributed by atoms with van der Waals surface area (Å²) in [7, 11) is 0. The van der Waals surface area contributed by atoms with Crippen LogP contribution in [0.25, 0.3) is 0 Å². The average molecular weight is 270 g/mol. The van der Waals surface area contributed by atoms with Gasteiger partial charge >= 0.3 is 0 Å². The van der Waals surface area contributed by atoms with Gasteiger partial charge in [-0.25, -0.2) is 0 Å². The maximum absolute atomic E-state index is 12.3.